The standard InChI is InChI=1S/C24H34N6O/c1-7-24(5,6)30-22(26-27-28-30)21(29-12-8-9-15(2)14-29)19-13-18-11-10-16(3)17(4)20(18)25-23(19)31/h10-11,13,15,21H,7-9,12,14H2,1-6H3,(H,25,31)/t15-,21+/m1/s1. The van der Waals surface area contributed by atoms with Crippen molar-refractivity contribution in [3.05, 3.63) is 51.1 Å². The normalized spacial score (nSPS) is 19.1. The molecule has 0 radical (unpaired) electrons. The minimum Gasteiger partial charge on any atom is -0.321 e. The van der Waals surface area contributed by atoms with Crippen LogP contribution in [0.15, 0.2) is 23.0 Å². The summed E-state index contributed by atoms with van der Waals surface area (Å²) in [5, 5.41) is 13.9. The quantitative estimate of drug-likeness (QED) is 0.670. The summed E-state index contributed by atoms with van der Waals surface area (Å²) < 4.78 is 1.92. The maximum atomic E-state index is 13.4. The summed E-state index contributed by atoms with van der Waals surface area (Å²) >= 11 is 0. The molecular formula is C24H34N6O. The Bertz CT molecular complexity index is 1140. The van der Waals surface area contributed by atoms with Gasteiger partial charge in [-0.15, -0.1) is 5.10 Å². The molecule has 3 aromatic rings. The molecule has 7 nitrogen and oxygen atoms in total. The topological polar surface area (TPSA) is 79.7 Å². The number of hydrogen-bond acceptors (Lipinski definition) is 5. The molecule has 0 saturated carbocycles. The molecule has 31 heavy (non-hydrogen) atoms. The fourth-order valence-electron chi connectivity index (χ4n) is 4.65. The Labute approximate surface area is 183 Å². The van der Waals surface area contributed by atoms with E-state index in [9.17, 15) is 4.79 Å². The van der Waals surface area contributed by atoms with E-state index in [1.165, 1.54) is 12.0 Å². The fourth-order valence-corrected chi connectivity index (χ4v) is 4.65. The third-order valence-corrected chi connectivity index (χ3v) is 7.10. The van der Waals surface area contributed by atoms with Crippen molar-refractivity contribution in [1.29, 1.82) is 0 Å². The number of fused-ring (bicyclic) bond motifs is 1. The molecule has 0 aliphatic carbocycles. The first-order valence-electron chi connectivity index (χ1n) is 11.4. The number of benzene rings is 1. The van der Waals surface area contributed by atoms with Gasteiger partial charge in [0.1, 0.15) is 6.04 Å². The zero-order chi connectivity index (χ0) is 22.3. The van der Waals surface area contributed by atoms with E-state index in [1.807, 2.05) is 10.7 Å². The van der Waals surface area contributed by atoms with Crippen LogP contribution in [0.25, 0.3) is 10.9 Å². The highest BCUT2D eigenvalue weighted by Gasteiger charge is 2.35. The Morgan fingerprint density at radius 2 is 2.06 bits per heavy atom. The fraction of sp³-hybridized carbons (Fsp3) is 0.583. The second-order valence-electron chi connectivity index (χ2n) is 9.79. The first-order valence-corrected chi connectivity index (χ1v) is 11.4. The van der Waals surface area contributed by atoms with Gasteiger partial charge in [0.2, 0.25) is 0 Å². The Morgan fingerprint density at radius 1 is 1.29 bits per heavy atom. The van der Waals surface area contributed by atoms with E-state index in [4.69, 9.17) is 0 Å². The second-order valence-corrected chi connectivity index (χ2v) is 9.79. The number of H-pyrrole nitrogens is 1. The maximum absolute atomic E-state index is 13.4. The van der Waals surface area contributed by atoms with Gasteiger partial charge in [-0.3, -0.25) is 9.69 Å². The van der Waals surface area contributed by atoms with Gasteiger partial charge in [0.25, 0.3) is 5.56 Å². The molecule has 2 atom stereocenters. The van der Waals surface area contributed by atoms with Crippen LogP contribution in [0, 0.1) is 19.8 Å². The summed E-state index contributed by atoms with van der Waals surface area (Å²) in [6, 6.07) is 5.97. The highest BCUT2D eigenvalue weighted by Crippen LogP contribution is 2.33. The van der Waals surface area contributed by atoms with Crippen LogP contribution in [0.5, 0.6) is 0 Å². The van der Waals surface area contributed by atoms with Gasteiger partial charge in [-0.2, -0.15) is 0 Å². The van der Waals surface area contributed by atoms with E-state index in [2.05, 4.69) is 79.1 Å². The SMILES string of the molecule is CCC(C)(C)n1nnnc1[C@H](c1cc2ccc(C)c(C)c2[nH]c1=O)N1CCC[C@@H](C)C1. The van der Waals surface area contributed by atoms with Crippen molar-refractivity contribution < 1.29 is 0 Å². The summed E-state index contributed by atoms with van der Waals surface area (Å²) in [6.45, 7) is 14.7. The van der Waals surface area contributed by atoms with E-state index in [0.717, 1.165) is 48.2 Å². The molecular weight excluding hydrogens is 388 g/mol. The number of tetrazole rings is 1. The van der Waals surface area contributed by atoms with Gasteiger partial charge in [-0.25, -0.2) is 4.68 Å². The van der Waals surface area contributed by atoms with Crippen LogP contribution in [0.3, 0.4) is 0 Å². The van der Waals surface area contributed by atoms with Gasteiger partial charge in [-0.05, 0) is 92.4 Å². The number of aromatic amines is 1. The summed E-state index contributed by atoms with van der Waals surface area (Å²) in [6.07, 6.45) is 3.21. The molecule has 2 aromatic heterocycles. The molecule has 166 valence electrons. The number of aromatic nitrogens is 5. The van der Waals surface area contributed by atoms with Crippen molar-refractivity contribution in [3.8, 4) is 0 Å². The number of pyridine rings is 1. The molecule has 0 bridgehead atoms. The summed E-state index contributed by atoms with van der Waals surface area (Å²) in [5.74, 6) is 1.32. The largest absolute Gasteiger partial charge is 0.321 e. The lowest BCUT2D eigenvalue weighted by atomic mass is 9.94. The zero-order valence-electron chi connectivity index (χ0n) is 19.6. The number of aryl methyl sites for hydroxylation is 2. The number of piperidine rings is 1. The van der Waals surface area contributed by atoms with Gasteiger partial charge >= 0.3 is 0 Å². The number of hydrogen-bond donors (Lipinski definition) is 1. The van der Waals surface area contributed by atoms with Crippen LogP contribution >= 0.6 is 0 Å². The highest BCUT2D eigenvalue weighted by molar-refractivity contribution is 5.83. The van der Waals surface area contributed by atoms with E-state index >= 15 is 0 Å². The van der Waals surface area contributed by atoms with E-state index < -0.39 is 0 Å². The Morgan fingerprint density at radius 3 is 2.77 bits per heavy atom. The minimum absolute atomic E-state index is 0.0618. The molecule has 1 saturated heterocycles. The Kier molecular flexibility index (Phi) is 5.73. The predicted octanol–water partition coefficient (Wildman–Crippen LogP) is 4.10. The average molecular weight is 423 g/mol. The molecule has 1 aliphatic heterocycles. The van der Waals surface area contributed by atoms with Crippen LogP contribution < -0.4 is 5.56 Å². The van der Waals surface area contributed by atoms with Crippen molar-refractivity contribution in [2.24, 2.45) is 5.92 Å². The first kappa shape index (κ1) is 21.7. The molecule has 1 fully saturated rings. The molecule has 0 spiro atoms. The molecule has 1 aromatic carbocycles. The molecule has 3 heterocycles. The lowest BCUT2D eigenvalue weighted by molar-refractivity contribution is 0.135. The molecule has 7 heteroatoms. The lowest BCUT2D eigenvalue weighted by Gasteiger charge is -2.37. The Hall–Kier alpha value is -2.54. The van der Waals surface area contributed by atoms with Crippen molar-refractivity contribution in [2.75, 3.05) is 13.1 Å². The highest BCUT2D eigenvalue weighted by atomic mass is 16.1. The first-order chi connectivity index (χ1) is 14.7. The molecule has 1 N–H and O–H groups in total. The maximum Gasteiger partial charge on any atom is 0.253 e. The van der Waals surface area contributed by atoms with Gasteiger partial charge < -0.3 is 4.98 Å². The van der Waals surface area contributed by atoms with Crippen LogP contribution in [0.4, 0.5) is 0 Å². The number of nitrogens with one attached hydrogen (secondary N) is 1. The van der Waals surface area contributed by atoms with Crippen molar-refractivity contribution in [1.82, 2.24) is 30.1 Å². The molecule has 0 unspecified atom stereocenters. The zero-order valence-corrected chi connectivity index (χ0v) is 19.6. The molecule has 1 aliphatic rings. The summed E-state index contributed by atoms with van der Waals surface area (Å²) in [4.78, 5) is 19.0. The van der Waals surface area contributed by atoms with Crippen LogP contribution in [0.1, 0.15) is 75.5 Å². The van der Waals surface area contributed by atoms with E-state index in [-0.39, 0.29) is 17.1 Å². The van der Waals surface area contributed by atoms with Crippen molar-refractivity contribution in [2.45, 2.75) is 72.4 Å². The van der Waals surface area contributed by atoms with E-state index in [1.54, 1.807) is 0 Å². The third kappa shape index (κ3) is 3.91. The van der Waals surface area contributed by atoms with Crippen LogP contribution in [0.2, 0.25) is 0 Å². The second kappa shape index (κ2) is 8.19. The molecule has 0 amide bonds. The van der Waals surface area contributed by atoms with Gasteiger partial charge in [0.05, 0.1) is 11.1 Å². The summed E-state index contributed by atoms with van der Waals surface area (Å²) in [7, 11) is 0. The van der Waals surface area contributed by atoms with Crippen LogP contribution in [-0.2, 0) is 5.54 Å². The third-order valence-electron chi connectivity index (χ3n) is 7.10. The monoisotopic (exact) mass is 422 g/mol. The van der Waals surface area contributed by atoms with Gasteiger partial charge in [0.15, 0.2) is 5.82 Å². The number of rotatable bonds is 5. The number of nitrogens with zero attached hydrogens (tertiary/aromatic N) is 5. The minimum atomic E-state index is -0.279. The lowest BCUT2D eigenvalue weighted by Crippen LogP contribution is -2.42. The Balaban J connectivity index is 1.93. The van der Waals surface area contributed by atoms with Crippen molar-refractivity contribution >= 4 is 10.9 Å². The average Bonchev–Trinajstić information content (AvgIpc) is 3.22. The summed E-state index contributed by atoms with van der Waals surface area (Å²) in [5.41, 5.74) is 3.61. The predicted molar refractivity (Wildman–Crippen MR) is 123 cm³/mol. The molecule has 4 rings (SSSR count). The van der Waals surface area contributed by atoms with E-state index in [0.29, 0.717) is 11.5 Å². The number of likely N-dealkylation sites (tertiary alicyclic amines) is 1. The van der Waals surface area contributed by atoms with Gasteiger partial charge in [-0.1, -0.05) is 26.0 Å². The smallest absolute Gasteiger partial charge is 0.253 e. The van der Waals surface area contributed by atoms with Gasteiger partial charge in [0, 0.05) is 12.1 Å². The van der Waals surface area contributed by atoms with Crippen LogP contribution in [-0.4, -0.2) is 43.2 Å². The van der Waals surface area contributed by atoms with Crippen molar-refractivity contribution in [3.63, 3.8) is 0 Å².